The monoisotopic (exact) mass is 597 g/mol. The third-order valence-electron chi connectivity index (χ3n) is 8.62. The van der Waals surface area contributed by atoms with E-state index in [0.717, 1.165) is 30.5 Å². The highest BCUT2D eigenvalue weighted by Gasteiger charge is 2.55. The lowest BCUT2D eigenvalue weighted by atomic mass is 9.93. The average Bonchev–Trinajstić information content (AvgIpc) is 3.23. The number of likely N-dealkylation sites (tertiary alicyclic amines) is 1. The molecule has 2 aliphatic carbocycles. The van der Waals surface area contributed by atoms with Crippen molar-refractivity contribution in [2.45, 2.75) is 57.5 Å². The Morgan fingerprint density at radius 2 is 1.82 bits per heavy atom. The smallest absolute Gasteiger partial charge is 0.407 e. The second kappa shape index (κ2) is 9.25. The Bertz CT molecular complexity index is 1450. The normalized spacial score (nSPS) is 22.3. The highest BCUT2D eigenvalue weighted by molar-refractivity contribution is 9.10. The maximum atomic E-state index is 15.4. The average molecular weight is 598 g/mol. The predicted molar refractivity (Wildman–Crippen MR) is 149 cm³/mol. The molecule has 1 spiro atoms. The van der Waals surface area contributed by atoms with Crippen LogP contribution in [0.25, 0.3) is 16.7 Å². The van der Waals surface area contributed by atoms with Crippen molar-refractivity contribution in [3.63, 3.8) is 0 Å². The maximum absolute atomic E-state index is 15.4. The van der Waals surface area contributed by atoms with Crippen LogP contribution < -0.4 is 5.32 Å². The zero-order chi connectivity index (χ0) is 27.7. The first-order valence-corrected chi connectivity index (χ1v) is 14.1. The van der Waals surface area contributed by atoms with Crippen molar-refractivity contribution >= 4 is 39.2 Å². The molecule has 204 valence electrons. The lowest BCUT2D eigenvalue weighted by Crippen LogP contribution is -2.53. The Hall–Kier alpha value is -3.07. The topological polar surface area (TPSA) is 71.0 Å². The fourth-order valence-electron chi connectivity index (χ4n) is 6.23. The molecule has 0 unspecified atom stereocenters. The molecule has 2 aromatic carbocycles. The van der Waals surface area contributed by atoms with Crippen LogP contribution in [0.3, 0.4) is 0 Å². The fourth-order valence-corrected chi connectivity index (χ4v) is 6.59. The van der Waals surface area contributed by atoms with Gasteiger partial charge in [-0.1, -0.05) is 48.0 Å². The van der Waals surface area contributed by atoms with E-state index in [2.05, 4.69) is 21.2 Å². The zero-order valence-electron chi connectivity index (χ0n) is 22.1. The number of alkyl halides is 2. The van der Waals surface area contributed by atoms with Crippen molar-refractivity contribution in [2.24, 2.45) is 16.3 Å². The van der Waals surface area contributed by atoms with E-state index in [1.54, 1.807) is 30.5 Å². The Morgan fingerprint density at radius 3 is 2.49 bits per heavy atom. The number of nitrogens with one attached hydrogen (secondary N) is 1. The Kier molecular flexibility index (Phi) is 6.21. The van der Waals surface area contributed by atoms with Crippen LogP contribution >= 0.6 is 15.9 Å². The summed E-state index contributed by atoms with van der Waals surface area (Å²) in [5, 5.41) is 2.70. The summed E-state index contributed by atoms with van der Waals surface area (Å²) in [5.74, 6) is -3.34. The van der Waals surface area contributed by atoms with E-state index in [-0.39, 0.29) is 34.4 Å². The lowest BCUT2D eigenvalue weighted by molar-refractivity contribution is -0.134. The number of alkyl carbamates (subject to hydrolysis) is 1. The predicted octanol–water partition coefficient (Wildman–Crippen LogP) is 6.52. The highest BCUT2D eigenvalue weighted by Crippen LogP contribution is 2.56. The van der Waals surface area contributed by atoms with Gasteiger partial charge in [0, 0.05) is 40.5 Å². The van der Waals surface area contributed by atoms with Crippen molar-refractivity contribution < 1.29 is 23.1 Å². The van der Waals surface area contributed by atoms with Crippen LogP contribution in [0.15, 0.2) is 52.1 Å². The number of carbonyl (C=O) groups excluding carboxylic acids is 2. The van der Waals surface area contributed by atoms with Crippen molar-refractivity contribution in [1.29, 1.82) is 0 Å². The fraction of sp³-hybridized carbons (Fsp3) is 0.433. The van der Waals surface area contributed by atoms with Gasteiger partial charge in [0.25, 0.3) is 5.92 Å². The van der Waals surface area contributed by atoms with Crippen LogP contribution in [0, 0.1) is 11.3 Å². The number of fused-ring (bicyclic) bond motifs is 3. The third kappa shape index (κ3) is 4.39. The van der Waals surface area contributed by atoms with Crippen molar-refractivity contribution in [3.05, 3.63) is 63.8 Å². The van der Waals surface area contributed by atoms with Crippen LogP contribution in [0.2, 0.25) is 0 Å². The summed E-state index contributed by atoms with van der Waals surface area (Å²) >= 11 is 3.32. The number of allylic oxidation sites excluding steroid dienone is 1. The maximum Gasteiger partial charge on any atom is 0.407 e. The second-order valence-corrected chi connectivity index (χ2v) is 12.4. The molecule has 2 atom stereocenters. The first-order chi connectivity index (χ1) is 18.5. The van der Waals surface area contributed by atoms with E-state index in [0.29, 0.717) is 34.1 Å². The Labute approximate surface area is 234 Å². The van der Waals surface area contributed by atoms with Crippen LogP contribution in [0.1, 0.15) is 56.2 Å². The van der Waals surface area contributed by atoms with Crippen LogP contribution in [0.5, 0.6) is 0 Å². The summed E-state index contributed by atoms with van der Waals surface area (Å²) in [6.45, 7) is 4.42. The standard InChI is InChI=1S/C30H30BrF2N3O3/c1-16(2)26(35-28(38)39-3)27(37)36-15-29(8-9-29)13-25(36)24-11-18(14-34-24)17-4-6-20-21-7-5-19(31)12-23(21)30(32,33)22(20)10-17/h4-7,10,12,14,16,25-26H,8-9,11,13,15H2,1-3H3,(H,35,38)/t25-,26-/m0/s1. The molecule has 0 bridgehead atoms. The molecule has 1 saturated heterocycles. The van der Waals surface area contributed by atoms with Crippen molar-refractivity contribution in [1.82, 2.24) is 10.2 Å². The van der Waals surface area contributed by atoms with Gasteiger partial charge in [0.1, 0.15) is 6.04 Å². The van der Waals surface area contributed by atoms with E-state index in [1.165, 1.54) is 13.2 Å². The molecule has 1 N–H and O–H groups in total. The van der Waals surface area contributed by atoms with Gasteiger partial charge in [0.2, 0.25) is 5.91 Å². The van der Waals surface area contributed by atoms with Gasteiger partial charge >= 0.3 is 6.09 Å². The molecule has 2 fully saturated rings. The number of ether oxygens (including phenoxy) is 1. The zero-order valence-corrected chi connectivity index (χ0v) is 23.6. The largest absolute Gasteiger partial charge is 0.453 e. The minimum Gasteiger partial charge on any atom is -0.453 e. The molecule has 6 nitrogen and oxygen atoms in total. The summed E-state index contributed by atoms with van der Waals surface area (Å²) in [7, 11) is 1.28. The molecule has 0 radical (unpaired) electrons. The molecule has 9 heteroatoms. The summed E-state index contributed by atoms with van der Waals surface area (Å²) in [6, 6.07) is 9.35. The van der Waals surface area contributed by atoms with E-state index in [1.807, 2.05) is 24.8 Å². The molecular weight excluding hydrogens is 568 g/mol. The highest BCUT2D eigenvalue weighted by atomic mass is 79.9. The van der Waals surface area contributed by atoms with Gasteiger partial charge in [-0.15, -0.1) is 0 Å². The number of hydrogen-bond donors (Lipinski definition) is 1. The Balaban J connectivity index is 1.23. The third-order valence-corrected chi connectivity index (χ3v) is 9.11. The van der Waals surface area contributed by atoms with Crippen molar-refractivity contribution in [2.75, 3.05) is 13.7 Å². The number of amides is 2. The van der Waals surface area contributed by atoms with Crippen LogP contribution in [0.4, 0.5) is 13.6 Å². The number of carbonyl (C=O) groups is 2. The first-order valence-electron chi connectivity index (χ1n) is 13.3. The van der Waals surface area contributed by atoms with E-state index in [9.17, 15) is 9.59 Å². The summed E-state index contributed by atoms with van der Waals surface area (Å²) in [5.41, 5.74) is 3.66. The summed E-state index contributed by atoms with van der Waals surface area (Å²) in [4.78, 5) is 32.2. The molecular formula is C30H30BrF2N3O3. The lowest BCUT2D eigenvalue weighted by Gasteiger charge is -2.31. The number of benzene rings is 2. The molecule has 0 aromatic heterocycles. The van der Waals surface area contributed by atoms with Gasteiger partial charge in [-0.25, -0.2) is 4.79 Å². The van der Waals surface area contributed by atoms with Gasteiger partial charge < -0.3 is 15.0 Å². The molecule has 2 heterocycles. The van der Waals surface area contributed by atoms with Crippen LogP contribution in [-0.2, 0) is 15.5 Å². The minimum absolute atomic E-state index is 0.00529. The van der Waals surface area contributed by atoms with E-state index < -0.39 is 18.1 Å². The number of rotatable bonds is 5. The molecule has 1 saturated carbocycles. The molecule has 4 aliphatic rings. The van der Waals surface area contributed by atoms with Gasteiger partial charge in [-0.05, 0) is 71.1 Å². The minimum atomic E-state index is -3.08. The number of halogens is 3. The van der Waals surface area contributed by atoms with Gasteiger partial charge in [-0.2, -0.15) is 8.78 Å². The first kappa shape index (κ1) is 26.2. The number of methoxy groups -OCH3 is 1. The van der Waals surface area contributed by atoms with Gasteiger partial charge in [0.05, 0.1) is 13.2 Å². The molecule has 2 aromatic rings. The molecule has 6 rings (SSSR count). The molecule has 39 heavy (non-hydrogen) atoms. The molecule has 2 amide bonds. The van der Waals surface area contributed by atoms with E-state index >= 15 is 8.78 Å². The second-order valence-electron chi connectivity index (χ2n) is 11.5. The Morgan fingerprint density at radius 1 is 1.13 bits per heavy atom. The SMILES string of the molecule is COC(=O)N[C@H](C(=O)N1CC2(CC2)C[C@H]1C1=NC=C(c2ccc3c(c2)C(F)(F)c2cc(Br)ccc2-3)C1)C(C)C. The van der Waals surface area contributed by atoms with Crippen molar-refractivity contribution in [3.8, 4) is 11.1 Å². The quantitative estimate of drug-likeness (QED) is 0.426. The van der Waals surface area contributed by atoms with Crippen LogP contribution in [-0.4, -0.2) is 48.4 Å². The molecule has 2 aliphatic heterocycles. The van der Waals surface area contributed by atoms with E-state index in [4.69, 9.17) is 9.73 Å². The number of nitrogens with zero attached hydrogens (tertiary/aromatic N) is 2. The summed E-state index contributed by atoms with van der Waals surface area (Å²) in [6.07, 6.45) is 4.56. The number of aliphatic imine (C=N–C) groups is 1. The van der Waals surface area contributed by atoms with Gasteiger partial charge in [0.15, 0.2) is 0 Å². The number of hydrogen-bond acceptors (Lipinski definition) is 4. The summed E-state index contributed by atoms with van der Waals surface area (Å²) < 4.78 is 36.2. The van der Waals surface area contributed by atoms with Gasteiger partial charge in [-0.3, -0.25) is 9.79 Å².